The van der Waals surface area contributed by atoms with Crippen LogP contribution >= 0.6 is 0 Å². The Hall–Kier alpha value is -3.88. The molecule has 0 atom stereocenters. The van der Waals surface area contributed by atoms with E-state index in [0.717, 1.165) is 26.0 Å². The molecule has 0 radical (unpaired) electrons. The summed E-state index contributed by atoms with van der Waals surface area (Å²) >= 11 is 0. The number of phenols is 1. The maximum atomic E-state index is 12.2. The number of carbonyl (C=O) groups is 2. The molecular formula is C19H17N3O6. The van der Waals surface area contributed by atoms with Gasteiger partial charge in [0.15, 0.2) is 6.61 Å². The fraction of sp³-hybridized carbons (Fsp3) is 0.158. The number of hydrogen-bond acceptors (Lipinski definition) is 6. The van der Waals surface area contributed by atoms with E-state index in [-0.39, 0.29) is 17.1 Å². The number of aromatic nitrogens is 2. The number of phenolic OH excluding ortho intramolecular Hbond substituents is 1. The zero-order valence-electron chi connectivity index (χ0n) is 15.1. The third-order valence-electron chi connectivity index (χ3n) is 4.21. The molecule has 2 aromatic carbocycles. The molecule has 1 amide bonds. The number of carbonyl (C=O) groups excluding carboxylic acids is 2. The summed E-state index contributed by atoms with van der Waals surface area (Å²) in [5.41, 5.74) is -1.27. The van der Waals surface area contributed by atoms with Crippen LogP contribution in [0.25, 0.3) is 10.8 Å². The van der Waals surface area contributed by atoms with E-state index in [1.165, 1.54) is 26.2 Å². The molecule has 28 heavy (non-hydrogen) atoms. The summed E-state index contributed by atoms with van der Waals surface area (Å²) in [5, 5.41) is 13.8. The number of benzene rings is 2. The van der Waals surface area contributed by atoms with Crippen LogP contribution in [0.1, 0.15) is 10.4 Å². The maximum absolute atomic E-state index is 12.2. The number of amides is 1. The molecule has 0 saturated heterocycles. The van der Waals surface area contributed by atoms with Crippen molar-refractivity contribution in [1.82, 2.24) is 9.13 Å². The van der Waals surface area contributed by atoms with Crippen LogP contribution < -0.4 is 16.6 Å². The standard InChI is InChI=1S/C19H17N3O6/c1-21-15(9-17(25)22(2)19(21)27)20-16(24)10-28-18(26)13-7-11-5-3-4-6-12(11)8-14(13)23/h3-9,23H,10H2,1-2H3,(H,20,24). The number of hydrogen-bond donors (Lipinski definition) is 2. The second-order valence-electron chi connectivity index (χ2n) is 6.11. The Bertz CT molecular complexity index is 1210. The van der Waals surface area contributed by atoms with Gasteiger partial charge in [-0.05, 0) is 22.9 Å². The number of nitrogens with zero attached hydrogens (tertiary/aromatic N) is 2. The highest BCUT2D eigenvalue weighted by Gasteiger charge is 2.16. The minimum atomic E-state index is -0.878. The van der Waals surface area contributed by atoms with Gasteiger partial charge in [0, 0.05) is 20.2 Å². The molecule has 0 bridgehead atoms. The molecule has 3 rings (SSSR count). The van der Waals surface area contributed by atoms with Gasteiger partial charge in [0.05, 0.1) is 0 Å². The van der Waals surface area contributed by atoms with E-state index in [2.05, 4.69) is 5.32 Å². The molecule has 0 aliphatic rings. The van der Waals surface area contributed by atoms with Gasteiger partial charge < -0.3 is 15.2 Å². The van der Waals surface area contributed by atoms with Gasteiger partial charge in [-0.3, -0.25) is 18.7 Å². The zero-order chi connectivity index (χ0) is 20.4. The fourth-order valence-electron chi connectivity index (χ4n) is 2.63. The first kappa shape index (κ1) is 18.9. The van der Waals surface area contributed by atoms with Crippen molar-refractivity contribution >= 4 is 28.5 Å². The van der Waals surface area contributed by atoms with Crippen LogP contribution in [0.3, 0.4) is 0 Å². The van der Waals surface area contributed by atoms with E-state index in [0.29, 0.717) is 0 Å². The predicted octanol–water partition coefficient (Wildman–Crippen LogP) is 0.738. The smallest absolute Gasteiger partial charge is 0.342 e. The monoisotopic (exact) mass is 383 g/mol. The van der Waals surface area contributed by atoms with Crippen molar-refractivity contribution in [1.29, 1.82) is 0 Å². The van der Waals surface area contributed by atoms with Crippen molar-refractivity contribution in [3.63, 3.8) is 0 Å². The van der Waals surface area contributed by atoms with Crippen molar-refractivity contribution in [2.45, 2.75) is 0 Å². The number of aromatic hydroxyl groups is 1. The molecule has 0 spiro atoms. The van der Waals surface area contributed by atoms with Crippen LogP contribution in [0.5, 0.6) is 5.75 Å². The van der Waals surface area contributed by atoms with Crippen molar-refractivity contribution < 1.29 is 19.4 Å². The second kappa shape index (κ2) is 7.39. The first-order valence-corrected chi connectivity index (χ1v) is 8.23. The average Bonchev–Trinajstić information content (AvgIpc) is 2.68. The SMILES string of the molecule is Cn1c(NC(=O)COC(=O)c2cc3ccccc3cc2O)cc(=O)n(C)c1=O. The molecule has 144 valence electrons. The molecule has 0 aliphatic carbocycles. The molecule has 1 aromatic heterocycles. The third-order valence-corrected chi connectivity index (χ3v) is 4.21. The van der Waals surface area contributed by atoms with Gasteiger partial charge in [-0.2, -0.15) is 0 Å². The lowest BCUT2D eigenvalue weighted by Gasteiger charge is -2.11. The Kier molecular flexibility index (Phi) is 4.99. The van der Waals surface area contributed by atoms with Crippen LogP contribution in [0.2, 0.25) is 0 Å². The number of anilines is 1. The fourth-order valence-corrected chi connectivity index (χ4v) is 2.63. The minimum Gasteiger partial charge on any atom is -0.507 e. The highest BCUT2D eigenvalue weighted by molar-refractivity contribution is 6.00. The van der Waals surface area contributed by atoms with Gasteiger partial charge in [-0.1, -0.05) is 24.3 Å². The highest BCUT2D eigenvalue weighted by Crippen LogP contribution is 2.25. The summed E-state index contributed by atoms with van der Waals surface area (Å²) in [4.78, 5) is 47.8. The lowest BCUT2D eigenvalue weighted by atomic mass is 10.1. The van der Waals surface area contributed by atoms with Gasteiger partial charge in [-0.25, -0.2) is 9.59 Å². The molecule has 3 aromatic rings. The molecule has 1 heterocycles. The van der Waals surface area contributed by atoms with Crippen LogP contribution in [0, 0.1) is 0 Å². The van der Waals surface area contributed by atoms with Crippen LogP contribution in [-0.2, 0) is 23.6 Å². The van der Waals surface area contributed by atoms with E-state index >= 15 is 0 Å². The number of ether oxygens (including phenoxy) is 1. The van der Waals surface area contributed by atoms with E-state index in [1.54, 1.807) is 24.3 Å². The normalized spacial score (nSPS) is 10.6. The number of esters is 1. The summed E-state index contributed by atoms with van der Waals surface area (Å²) in [7, 11) is 2.70. The predicted molar refractivity (Wildman–Crippen MR) is 101 cm³/mol. The summed E-state index contributed by atoms with van der Waals surface area (Å²) in [6.45, 7) is -0.658. The molecule has 9 nitrogen and oxygen atoms in total. The van der Waals surface area contributed by atoms with E-state index in [1.807, 2.05) is 0 Å². The summed E-state index contributed by atoms with van der Waals surface area (Å²) < 4.78 is 6.90. The average molecular weight is 383 g/mol. The second-order valence-corrected chi connectivity index (χ2v) is 6.11. The lowest BCUT2D eigenvalue weighted by Crippen LogP contribution is -2.38. The van der Waals surface area contributed by atoms with E-state index < -0.39 is 29.7 Å². The highest BCUT2D eigenvalue weighted by atomic mass is 16.5. The van der Waals surface area contributed by atoms with Gasteiger partial charge in [-0.15, -0.1) is 0 Å². The van der Waals surface area contributed by atoms with Crippen molar-refractivity contribution in [2.75, 3.05) is 11.9 Å². The third kappa shape index (κ3) is 3.63. The van der Waals surface area contributed by atoms with Crippen LogP contribution in [0.4, 0.5) is 5.82 Å². The van der Waals surface area contributed by atoms with Gasteiger partial charge >= 0.3 is 11.7 Å². The Balaban J connectivity index is 1.72. The molecular weight excluding hydrogens is 366 g/mol. The minimum absolute atomic E-state index is 0.0253. The number of rotatable bonds is 4. The first-order valence-electron chi connectivity index (χ1n) is 8.23. The Morgan fingerprint density at radius 1 is 1.04 bits per heavy atom. The van der Waals surface area contributed by atoms with Crippen molar-refractivity contribution in [3.8, 4) is 5.75 Å². The van der Waals surface area contributed by atoms with Gasteiger partial charge in [0.1, 0.15) is 17.1 Å². The lowest BCUT2D eigenvalue weighted by molar-refractivity contribution is -0.119. The molecule has 0 fully saturated rings. The van der Waals surface area contributed by atoms with E-state index in [9.17, 15) is 24.3 Å². The summed E-state index contributed by atoms with van der Waals surface area (Å²) in [6.07, 6.45) is 0. The first-order chi connectivity index (χ1) is 13.3. The van der Waals surface area contributed by atoms with E-state index in [4.69, 9.17) is 4.74 Å². The molecule has 0 unspecified atom stereocenters. The molecule has 0 saturated carbocycles. The maximum Gasteiger partial charge on any atom is 0.342 e. The van der Waals surface area contributed by atoms with Crippen LogP contribution in [0.15, 0.2) is 52.1 Å². The van der Waals surface area contributed by atoms with Crippen molar-refractivity contribution in [3.05, 3.63) is 68.9 Å². The summed E-state index contributed by atoms with van der Waals surface area (Å²) in [6, 6.07) is 11.1. The zero-order valence-corrected chi connectivity index (χ0v) is 15.1. The molecule has 9 heteroatoms. The Morgan fingerprint density at radius 3 is 2.36 bits per heavy atom. The Labute approximate surface area is 158 Å². The van der Waals surface area contributed by atoms with Gasteiger partial charge in [0.2, 0.25) is 0 Å². The Morgan fingerprint density at radius 2 is 1.68 bits per heavy atom. The number of fused-ring (bicyclic) bond motifs is 1. The quantitative estimate of drug-likeness (QED) is 0.641. The largest absolute Gasteiger partial charge is 0.507 e. The van der Waals surface area contributed by atoms with Crippen molar-refractivity contribution in [2.24, 2.45) is 14.1 Å². The van der Waals surface area contributed by atoms with Gasteiger partial charge in [0.25, 0.3) is 11.5 Å². The molecule has 0 aliphatic heterocycles. The number of nitrogens with one attached hydrogen (secondary N) is 1. The topological polar surface area (TPSA) is 120 Å². The summed E-state index contributed by atoms with van der Waals surface area (Å²) in [5.74, 6) is -1.91. The molecule has 2 N–H and O–H groups in total. The van der Waals surface area contributed by atoms with Crippen LogP contribution in [-0.4, -0.2) is 32.7 Å².